The van der Waals surface area contributed by atoms with Gasteiger partial charge in [-0.15, -0.1) is 0 Å². The second-order valence-corrected chi connectivity index (χ2v) is 12.8. The molecule has 0 unspecified atom stereocenters. The molecule has 1 aromatic carbocycles. The zero-order valence-electron chi connectivity index (χ0n) is 23.1. The maximum absolute atomic E-state index is 4.96. The van der Waals surface area contributed by atoms with Crippen molar-refractivity contribution in [3.63, 3.8) is 0 Å². The van der Waals surface area contributed by atoms with Crippen LogP contribution in [0.4, 0.5) is 0 Å². The SMILES string of the molecule is CCC[C@@H](C)[C@H]1CC[C@H]2[C@@H]3CC[C@@H]4CCCC[C@]4(C)[C@H]3CC[C@]12C.COc1ccc(OC)cc1. The van der Waals surface area contributed by atoms with Gasteiger partial charge in [-0.1, -0.05) is 53.4 Å². The number of methoxy groups -OCH3 is 2. The molecule has 0 saturated heterocycles. The second kappa shape index (κ2) is 10.8. The predicted octanol–water partition coefficient (Wildman–Crippen LogP) is 9.18. The van der Waals surface area contributed by atoms with Gasteiger partial charge in [-0.25, -0.2) is 0 Å². The fourth-order valence-electron chi connectivity index (χ4n) is 9.64. The molecule has 1 aromatic rings. The standard InChI is InChI=1S/C24H42.C8H10O2/c1-5-8-17(2)20-12-13-21-19-11-10-18-9-6-7-15-23(18,3)22(19)14-16-24(20,21)4;1-9-7-3-5-8(10-2)6-4-7/h17-22H,5-16H2,1-4H3;3-6H,1-2H3/t17-,18+,19+,20-,21+,22+,23+,24-;/m1./s1. The van der Waals surface area contributed by atoms with Gasteiger partial charge in [0, 0.05) is 0 Å². The Kier molecular flexibility index (Phi) is 8.25. The second-order valence-electron chi connectivity index (χ2n) is 12.8. The highest BCUT2D eigenvalue weighted by Crippen LogP contribution is 2.68. The molecular weight excluding hydrogens is 416 g/mol. The lowest BCUT2D eigenvalue weighted by atomic mass is 9.44. The molecular formula is C32H52O2. The van der Waals surface area contributed by atoms with Crippen LogP contribution >= 0.6 is 0 Å². The average Bonchev–Trinajstić information content (AvgIpc) is 3.21. The molecule has 2 heteroatoms. The first kappa shape index (κ1) is 25.9. The molecule has 2 nitrogen and oxygen atoms in total. The van der Waals surface area contributed by atoms with Crippen LogP contribution in [0.5, 0.6) is 11.5 Å². The maximum atomic E-state index is 4.96. The van der Waals surface area contributed by atoms with Crippen LogP contribution in [0.25, 0.3) is 0 Å². The summed E-state index contributed by atoms with van der Waals surface area (Å²) >= 11 is 0. The van der Waals surface area contributed by atoms with Gasteiger partial charge >= 0.3 is 0 Å². The molecule has 4 saturated carbocycles. The van der Waals surface area contributed by atoms with Gasteiger partial charge in [0.15, 0.2) is 0 Å². The average molecular weight is 469 g/mol. The molecule has 0 aliphatic heterocycles. The zero-order valence-corrected chi connectivity index (χ0v) is 23.1. The number of hydrogen-bond acceptors (Lipinski definition) is 2. The van der Waals surface area contributed by atoms with E-state index in [9.17, 15) is 0 Å². The predicted molar refractivity (Wildman–Crippen MR) is 143 cm³/mol. The third-order valence-electron chi connectivity index (χ3n) is 11.4. The molecule has 0 amide bonds. The summed E-state index contributed by atoms with van der Waals surface area (Å²) in [6.45, 7) is 10.4. The number of rotatable bonds is 5. The van der Waals surface area contributed by atoms with E-state index in [2.05, 4.69) is 27.7 Å². The van der Waals surface area contributed by atoms with Crippen LogP contribution < -0.4 is 9.47 Å². The summed E-state index contributed by atoms with van der Waals surface area (Å²) in [5, 5.41) is 0. The van der Waals surface area contributed by atoms with Crippen molar-refractivity contribution in [2.24, 2.45) is 46.3 Å². The Morgan fingerprint density at radius 2 is 1.44 bits per heavy atom. The number of ether oxygens (including phenoxy) is 2. The third-order valence-corrected chi connectivity index (χ3v) is 11.4. The van der Waals surface area contributed by atoms with Crippen LogP contribution in [-0.4, -0.2) is 14.2 Å². The van der Waals surface area contributed by atoms with Crippen molar-refractivity contribution < 1.29 is 9.47 Å². The van der Waals surface area contributed by atoms with E-state index in [0.29, 0.717) is 5.41 Å². The monoisotopic (exact) mass is 468 g/mol. The first-order valence-electron chi connectivity index (χ1n) is 14.6. The van der Waals surface area contributed by atoms with Gasteiger partial charge in [-0.05, 0) is 122 Å². The van der Waals surface area contributed by atoms with Gasteiger partial charge < -0.3 is 9.47 Å². The summed E-state index contributed by atoms with van der Waals surface area (Å²) in [4.78, 5) is 0. The molecule has 5 rings (SSSR count). The van der Waals surface area contributed by atoms with Crippen molar-refractivity contribution in [2.45, 2.75) is 105 Å². The van der Waals surface area contributed by atoms with Crippen LogP contribution in [0.1, 0.15) is 105 Å². The lowest BCUT2D eigenvalue weighted by Gasteiger charge is -2.61. The lowest BCUT2D eigenvalue weighted by molar-refractivity contribution is -0.114. The van der Waals surface area contributed by atoms with Crippen molar-refractivity contribution in [1.29, 1.82) is 0 Å². The quantitative estimate of drug-likeness (QED) is 0.429. The highest BCUT2D eigenvalue weighted by molar-refractivity contribution is 5.30. The highest BCUT2D eigenvalue weighted by Gasteiger charge is 2.59. The third kappa shape index (κ3) is 4.77. The summed E-state index contributed by atoms with van der Waals surface area (Å²) in [6, 6.07) is 7.44. The molecule has 0 spiro atoms. The first-order chi connectivity index (χ1) is 16.4. The van der Waals surface area contributed by atoms with Crippen LogP contribution in [0.3, 0.4) is 0 Å². The molecule has 4 aliphatic rings. The van der Waals surface area contributed by atoms with Crippen LogP contribution in [0.2, 0.25) is 0 Å². The van der Waals surface area contributed by atoms with Crippen LogP contribution in [-0.2, 0) is 0 Å². The number of fused-ring (bicyclic) bond motifs is 5. The van der Waals surface area contributed by atoms with Crippen molar-refractivity contribution in [3.8, 4) is 11.5 Å². The van der Waals surface area contributed by atoms with Crippen molar-refractivity contribution in [2.75, 3.05) is 14.2 Å². The topological polar surface area (TPSA) is 18.5 Å². The zero-order chi connectivity index (χ0) is 24.3. The fraction of sp³-hybridized carbons (Fsp3) is 0.812. The molecule has 4 fully saturated rings. The van der Waals surface area contributed by atoms with Gasteiger partial charge in [0.25, 0.3) is 0 Å². The van der Waals surface area contributed by atoms with E-state index in [1.54, 1.807) is 65.6 Å². The highest BCUT2D eigenvalue weighted by atomic mass is 16.5. The molecule has 34 heavy (non-hydrogen) atoms. The van der Waals surface area contributed by atoms with E-state index in [4.69, 9.17) is 9.47 Å². The van der Waals surface area contributed by atoms with Gasteiger partial charge in [0.1, 0.15) is 11.5 Å². The Bertz CT molecular complexity index is 749. The minimum absolute atomic E-state index is 0.688. The summed E-state index contributed by atoms with van der Waals surface area (Å²) in [5.41, 5.74) is 1.41. The summed E-state index contributed by atoms with van der Waals surface area (Å²) in [5.74, 6) is 8.00. The minimum atomic E-state index is 0.688. The van der Waals surface area contributed by atoms with Gasteiger partial charge in [0.05, 0.1) is 14.2 Å². The summed E-state index contributed by atoms with van der Waals surface area (Å²) in [6.07, 6.45) is 18.4. The Labute approximate surface area is 210 Å². The van der Waals surface area contributed by atoms with E-state index in [0.717, 1.165) is 52.4 Å². The van der Waals surface area contributed by atoms with E-state index >= 15 is 0 Å². The number of benzene rings is 1. The van der Waals surface area contributed by atoms with Gasteiger partial charge in [-0.2, -0.15) is 0 Å². The molecule has 0 bridgehead atoms. The molecule has 4 aliphatic carbocycles. The Morgan fingerprint density at radius 3 is 2.06 bits per heavy atom. The Balaban J connectivity index is 0.000000231. The first-order valence-corrected chi connectivity index (χ1v) is 14.6. The molecule has 0 N–H and O–H groups in total. The van der Waals surface area contributed by atoms with E-state index in [1.165, 1.54) is 25.7 Å². The van der Waals surface area contributed by atoms with Crippen molar-refractivity contribution in [1.82, 2.24) is 0 Å². The largest absolute Gasteiger partial charge is 0.497 e. The fourth-order valence-corrected chi connectivity index (χ4v) is 9.64. The molecule has 0 radical (unpaired) electrons. The Hall–Kier alpha value is -1.18. The van der Waals surface area contributed by atoms with E-state index < -0.39 is 0 Å². The lowest BCUT2D eigenvalue weighted by Crippen LogP contribution is -2.53. The van der Waals surface area contributed by atoms with Gasteiger partial charge in [0.2, 0.25) is 0 Å². The smallest absolute Gasteiger partial charge is 0.119 e. The van der Waals surface area contributed by atoms with Crippen LogP contribution in [0, 0.1) is 46.3 Å². The molecule has 0 heterocycles. The van der Waals surface area contributed by atoms with E-state index in [1.807, 2.05) is 24.3 Å². The van der Waals surface area contributed by atoms with E-state index in [-0.39, 0.29) is 0 Å². The van der Waals surface area contributed by atoms with Gasteiger partial charge in [-0.3, -0.25) is 0 Å². The summed E-state index contributed by atoms with van der Waals surface area (Å²) < 4.78 is 9.92. The van der Waals surface area contributed by atoms with Crippen LogP contribution in [0.15, 0.2) is 24.3 Å². The van der Waals surface area contributed by atoms with Crippen molar-refractivity contribution in [3.05, 3.63) is 24.3 Å². The Morgan fingerprint density at radius 1 is 0.794 bits per heavy atom. The number of hydrogen-bond donors (Lipinski definition) is 0. The van der Waals surface area contributed by atoms with Crippen molar-refractivity contribution >= 4 is 0 Å². The summed E-state index contributed by atoms with van der Waals surface area (Å²) in [7, 11) is 3.28. The normalized spacial score (nSPS) is 39.5. The molecule has 8 atom stereocenters. The molecule has 192 valence electrons. The maximum Gasteiger partial charge on any atom is 0.119 e. The molecule has 0 aromatic heterocycles. The minimum Gasteiger partial charge on any atom is -0.497 e.